The average Bonchev–Trinajstić information content (AvgIpc) is 2.57. The van der Waals surface area contributed by atoms with E-state index in [0.29, 0.717) is 15.8 Å². The number of rotatable bonds is 3. The highest BCUT2D eigenvalue weighted by atomic mass is 79.9. The van der Waals surface area contributed by atoms with Crippen molar-refractivity contribution in [3.8, 4) is 0 Å². The second kappa shape index (κ2) is 6.97. The summed E-state index contributed by atoms with van der Waals surface area (Å²) in [6, 6.07) is 14.2. The zero-order chi connectivity index (χ0) is 17.1. The fraction of sp³-hybridized carbons (Fsp3) is 0.111. The Hall–Kier alpha value is -2.47. The number of ether oxygens (including phenoxy) is 1. The number of amides is 1. The summed E-state index contributed by atoms with van der Waals surface area (Å²) in [6.07, 6.45) is -0.605. The lowest BCUT2D eigenvalue weighted by Crippen LogP contribution is -2.15. The van der Waals surface area contributed by atoms with Gasteiger partial charge < -0.3 is 4.74 Å². The maximum atomic E-state index is 13.7. The second-order valence-electron chi connectivity index (χ2n) is 5.30. The minimum absolute atomic E-state index is 0.168. The van der Waals surface area contributed by atoms with E-state index in [1.807, 2.05) is 43.3 Å². The summed E-state index contributed by atoms with van der Waals surface area (Å²) in [5.74, 6) is -0.0567. The van der Waals surface area contributed by atoms with Crippen LogP contribution in [0.15, 0.2) is 53.0 Å². The molecule has 1 N–H and O–H groups in total. The van der Waals surface area contributed by atoms with Crippen molar-refractivity contribution in [2.45, 2.75) is 13.5 Å². The molecule has 1 heterocycles. The molecule has 0 radical (unpaired) electrons. The molecular weight excluding hydrogens is 375 g/mol. The van der Waals surface area contributed by atoms with Crippen LogP contribution >= 0.6 is 15.9 Å². The van der Waals surface area contributed by atoms with Crippen molar-refractivity contribution in [2.24, 2.45) is 0 Å². The number of hydrogen-bond acceptors (Lipinski definition) is 3. The SMILES string of the molecule is Cc1cc2cc(Br)c(F)cc2nc1NC(=O)OCc1ccccc1. The highest BCUT2D eigenvalue weighted by molar-refractivity contribution is 9.10. The fourth-order valence-electron chi connectivity index (χ4n) is 2.26. The predicted molar refractivity (Wildman–Crippen MR) is 94.4 cm³/mol. The molecular formula is C18H14BrFN2O2. The Morgan fingerprint density at radius 2 is 2.00 bits per heavy atom. The maximum absolute atomic E-state index is 13.7. The van der Waals surface area contributed by atoms with Gasteiger partial charge >= 0.3 is 6.09 Å². The van der Waals surface area contributed by atoms with Gasteiger partial charge in [-0.15, -0.1) is 0 Å². The lowest BCUT2D eigenvalue weighted by atomic mass is 10.1. The molecule has 0 aliphatic heterocycles. The van der Waals surface area contributed by atoms with E-state index in [2.05, 4.69) is 26.2 Å². The topological polar surface area (TPSA) is 51.2 Å². The summed E-state index contributed by atoms with van der Waals surface area (Å²) >= 11 is 3.15. The van der Waals surface area contributed by atoms with Gasteiger partial charge in [0.1, 0.15) is 18.2 Å². The van der Waals surface area contributed by atoms with Crippen molar-refractivity contribution in [1.29, 1.82) is 0 Å². The van der Waals surface area contributed by atoms with Crippen LogP contribution in [0, 0.1) is 12.7 Å². The number of aryl methyl sites for hydroxylation is 1. The van der Waals surface area contributed by atoms with Gasteiger partial charge in [-0.3, -0.25) is 5.32 Å². The molecule has 1 amide bonds. The molecule has 0 aliphatic carbocycles. The zero-order valence-electron chi connectivity index (χ0n) is 12.8. The van der Waals surface area contributed by atoms with Gasteiger partial charge in [0.05, 0.1) is 9.99 Å². The minimum atomic E-state index is -0.605. The molecule has 0 bridgehead atoms. The van der Waals surface area contributed by atoms with Crippen LogP contribution in [0.4, 0.5) is 15.0 Å². The number of benzene rings is 2. The van der Waals surface area contributed by atoms with Crippen LogP contribution < -0.4 is 5.32 Å². The van der Waals surface area contributed by atoms with E-state index >= 15 is 0 Å². The molecule has 122 valence electrons. The smallest absolute Gasteiger partial charge is 0.413 e. The molecule has 0 atom stereocenters. The van der Waals surface area contributed by atoms with Crippen LogP contribution in [0.2, 0.25) is 0 Å². The number of carbonyl (C=O) groups excluding carboxylic acids is 1. The van der Waals surface area contributed by atoms with Crippen LogP contribution in [-0.4, -0.2) is 11.1 Å². The Kier molecular flexibility index (Phi) is 4.76. The van der Waals surface area contributed by atoms with Gasteiger partial charge in [-0.25, -0.2) is 14.2 Å². The van der Waals surface area contributed by atoms with E-state index < -0.39 is 11.9 Å². The monoisotopic (exact) mass is 388 g/mol. The van der Waals surface area contributed by atoms with Crippen molar-refractivity contribution < 1.29 is 13.9 Å². The van der Waals surface area contributed by atoms with Crippen LogP contribution in [0.3, 0.4) is 0 Å². The third kappa shape index (κ3) is 3.71. The summed E-state index contributed by atoms with van der Waals surface area (Å²) in [6.45, 7) is 1.98. The molecule has 0 fully saturated rings. The third-order valence-electron chi connectivity index (χ3n) is 3.48. The third-order valence-corrected chi connectivity index (χ3v) is 4.09. The number of aromatic nitrogens is 1. The van der Waals surface area contributed by atoms with E-state index in [9.17, 15) is 9.18 Å². The highest BCUT2D eigenvalue weighted by Gasteiger charge is 2.11. The Morgan fingerprint density at radius 1 is 1.25 bits per heavy atom. The van der Waals surface area contributed by atoms with Gasteiger partial charge in [0, 0.05) is 11.5 Å². The number of anilines is 1. The van der Waals surface area contributed by atoms with Crippen LogP contribution in [0.1, 0.15) is 11.1 Å². The van der Waals surface area contributed by atoms with Gasteiger partial charge in [0.2, 0.25) is 0 Å². The van der Waals surface area contributed by atoms with Crippen LogP contribution in [-0.2, 0) is 11.3 Å². The molecule has 0 saturated carbocycles. The van der Waals surface area contributed by atoms with E-state index in [1.165, 1.54) is 6.07 Å². The first kappa shape index (κ1) is 16.4. The van der Waals surface area contributed by atoms with E-state index in [1.54, 1.807) is 6.07 Å². The lowest BCUT2D eigenvalue weighted by Gasteiger charge is -2.10. The van der Waals surface area contributed by atoms with Crippen molar-refractivity contribution in [3.05, 3.63) is 69.9 Å². The normalized spacial score (nSPS) is 10.6. The first-order valence-corrected chi connectivity index (χ1v) is 8.06. The van der Waals surface area contributed by atoms with Crippen LogP contribution in [0.5, 0.6) is 0 Å². The number of hydrogen-bond donors (Lipinski definition) is 1. The molecule has 6 heteroatoms. The largest absolute Gasteiger partial charge is 0.444 e. The van der Waals surface area contributed by atoms with E-state index in [0.717, 1.165) is 16.5 Å². The zero-order valence-corrected chi connectivity index (χ0v) is 14.4. The molecule has 3 rings (SSSR count). The molecule has 24 heavy (non-hydrogen) atoms. The summed E-state index contributed by atoms with van der Waals surface area (Å²) < 4.78 is 19.2. The number of pyridine rings is 1. The summed E-state index contributed by atoms with van der Waals surface area (Å²) in [4.78, 5) is 16.2. The van der Waals surface area contributed by atoms with Crippen LogP contribution in [0.25, 0.3) is 10.9 Å². The van der Waals surface area contributed by atoms with Crippen molar-refractivity contribution in [1.82, 2.24) is 4.98 Å². The number of carbonyl (C=O) groups is 1. The Bertz CT molecular complexity index is 900. The Balaban J connectivity index is 1.75. The molecule has 0 spiro atoms. The lowest BCUT2D eigenvalue weighted by molar-refractivity contribution is 0.155. The summed E-state index contributed by atoms with van der Waals surface area (Å²) in [5.41, 5.74) is 2.11. The van der Waals surface area contributed by atoms with Crippen molar-refractivity contribution >= 4 is 38.7 Å². The quantitative estimate of drug-likeness (QED) is 0.671. The van der Waals surface area contributed by atoms with E-state index in [4.69, 9.17) is 4.74 Å². The Morgan fingerprint density at radius 3 is 2.75 bits per heavy atom. The van der Waals surface area contributed by atoms with Gasteiger partial charge in [0.15, 0.2) is 0 Å². The number of nitrogens with zero attached hydrogens (tertiary/aromatic N) is 1. The van der Waals surface area contributed by atoms with Gasteiger partial charge in [-0.1, -0.05) is 30.3 Å². The number of nitrogens with one attached hydrogen (secondary N) is 1. The predicted octanol–water partition coefficient (Wildman–Crippen LogP) is 5.19. The molecule has 2 aromatic carbocycles. The van der Waals surface area contributed by atoms with Crippen molar-refractivity contribution in [3.63, 3.8) is 0 Å². The second-order valence-corrected chi connectivity index (χ2v) is 6.15. The summed E-state index contributed by atoms with van der Waals surface area (Å²) in [5, 5.41) is 3.38. The fourth-order valence-corrected chi connectivity index (χ4v) is 2.62. The molecule has 0 aliphatic rings. The summed E-state index contributed by atoms with van der Waals surface area (Å²) in [7, 11) is 0. The number of fused-ring (bicyclic) bond motifs is 1. The Labute approximate surface area is 146 Å². The molecule has 3 aromatic rings. The average molecular weight is 389 g/mol. The van der Waals surface area contributed by atoms with Gasteiger partial charge in [0.25, 0.3) is 0 Å². The molecule has 0 unspecified atom stereocenters. The standard InChI is InChI=1S/C18H14BrFN2O2/c1-11-7-13-8-14(19)15(20)9-16(13)21-17(11)22-18(23)24-10-12-5-3-2-4-6-12/h2-9H,10H2,1H3,(H,21,22,23). The molecule has 4 nitrogen and oxygen atoms in total. The van der Waals surface area contributed by atoms with Crippen molar-refractivity contribution in [2.75, 3.05) is 5.32 Å². The first-order valence-electron chi connectivity index (χ1n) is 7.27. The highest BCUT2D eigenvalue weighted by Crippen LogP contribution is 2.25. The number of halogens is 2. The minimum Gasteiger partial charge on any atom is -0.444 e. The van der Waals surface area contributed by atoms with Gasteiger partial charge in [-0.2, -0.15) is 0 Å². The molecule has 1 aromatic heterocycles. The van der Waals surface area contributed by atoms with Gasteiger partial charge in [-0.05, 0) is 46.1 Å². The first-order chi connectivity index (χ1) is 11.5. The molecule has 0 saturated heterocycles. The van der Waals surface area contributed by atoms with E-state index in [-0.39, 0.29) is 6.61 Å². The maximum Gasteiger partial charge on any atom is 0.413 e.